The van der Waals surface area contributed by atoms with Crippen molar-refractivity contribution in [2.45, 2.75) is 58.1 Å². The van der Waals surface area contributed by atoms with Gasteiger partial charge in [-0.2, -0.15) is 0 Å². The first-order valence-corrected chi connectivity index (χ1v) is 5.80. The van der Waals surface area contributed by atoms with Crippen LogP contribution >= 0.6 is 0 Å². The van der Waals surface area contributed by atoms with Crippen molar-refractivity contribution in [3.8, 4) is 12.3 Å². The van der Waals surface area contributed by atoms with Gasteiger partial charge in [-0.1, -0.05) is 6.92 Å². The van der Waals surface area contributed by atoms with E-state index >= 15 is 0 Å². The zero-order chi connectivity index (χ0) is 11.7. The van der Waals surface area contributed by atoms with Crippen LogP contribution in [0.25, 0.3) is 0 Å². The number of methoxy groups -OCH3 is 1. The first kappa shape index (κ1) is 14.5. The van der Waals surface area contributed by atoms with E-state index in [0.29, 0.717) is 6.04 Å². The van der Waals surface area contributed by atoms with Crippen molar-refractivity contribution >= 4 is 0 Å². The number of ether oxygens (including phenoxy) is 1. The molecule has 0 amide bonds. The van der Waals surface area contributed by atoms with Crippen LogP contribution in [0.2, 0.25) is 0 Å². The van der Waals surface area contributed by atoms with Gasteiger partial charge in [-0.3, -0.25) is 0 Å². The zero-order valence-electron chi connectivity index (χ0n) is 10.6. The Morgan fingerprint density at radius 1 is 1.47 bits per heavy atom. The summed E-state index contributed by atoms with van der Waals surface area (Å²) in [6.45, 7) is 7.45. The van der Waals surface area contributed by atoms with E-state index in [1.54, 1.807) is 7.11 Å². The maximum Gasteiger partial charge on any atom is 0.0775 e. The van der Waals surface area contributed by atoms with Gasteiger partial charge in [0.2, 0.25) is 0 Å². The zero-order valence-corrected chi connectivity index (χ0v) is 10.6. The van der Waals surface area contributed by atoms with E-state index in [1.807, 2.05) is 0 Å². The highest BCUT2D eigenvalue weighted by Crippen LogP contribution is 2.18. The third-order valence-corrected chi connectivity index (χ3v) is 2.82. The molecule has 0 fully saturated rings. The first-order chi connectivity index (χ1) is 7.08. The minimum atomic E-state index is -0.121. The smallest absolute Gasteiger partial charge is 0.0775 e. The predicted octanol–water partition coefficient (Wildman–Crippen LogP) is 2.58. The van der Waals surface area contributed by atoms with Gasteiger partial charge in [-0.05, 0) is 39.7 Å². The molecule has 2 nitrogen and oxygen atoms in total. The highest BCUT2D eigenvalue weighted by Gasteiger charge is 2.27. The fraction of sp³-hybridized carbons (Fsp3) is 0.846. The van der Waals surface area contributed by atoms with E-state index in [9.17, 15) is 0 Å². The molecule has 0 bridgehead atoms. The molecule has 1 N–H and O–H groups in total. The Labute approximate surface area is 94.8 Å². The van der Waals surface area contributed by atoms with E-state index in [2.05, 4.69) is 32.0 Å². The average molecular weight is 211 g/mol. The van der Waals surface area contributed by atoms with E-state index in [4.69, 9.17) is 11.2 Å². The summed E-state index contributed by atoms with van der Waals surface area (Å²) in [5.41, 5.74) is -0.121. The average Bonchev–Trinajstić information content (AvgIpc) is 2.23. The molecule has 0 aromatic carbocycles. The quantitative estimate of drug-likeness (QED) is 0.492. The number of hydrogen-bond acceptors (Lipinski definition) is 2. The maximum absolute atomic E-state index is 5.51. The van der Waals surface area contributed by atoms with E-state index in [-0.39, 0.29) is 5.60 Å². The third-order valence-electron chi connectivity index (χ3n) is 2.82. The lowest BCUT2D eigenvalue weighted by atomic mass is 9.93. The first-order valence-electron chi connectivity index (χ1n) is 5.80. The number of rotatable bonds is 8. The normalized spacial score (nSPS) is 13.5. The van der Waals surface area contributed by atoms with E-state index in [0.717, 1.165) is 32.2 Å². The van der Waals surface area contributed by atoms with Gasteiger partial charge >= 0.3 is 0 Å². The predicted molar refractivity (Wildman–Crippen MR) is 65.9 cm³/mol. The molecule has 0 spiro atoms. The molecule has 0 saturated carbocycles. The molecule has 0 rings (SSSR count). The Kier molecular flexibility index (Phi) is 7.46. The summed E-state index contributed by atoms with van der Waals surface area (Å²) in [4.78, 5) is 0. The Hall–Kier alpha value is -0.520. The van der Waals surface area contributed by atoms with Crippen molar-refractivity contribution < 1.29 is 4.74 Å². The molecule has 15 heavy (non-hydrogen) atoms. The molecule has 0 aliphatic carbocycles. The van der Waals surface area contributed by atoms with Crippen LogP contribution in [0, 0.1) is 12.3 Å². The molecule has 1 atom stereocenters. The molecule has 88 valence electrons. The second-order valence-electron chi connectivity index (χ2n) is 4.41. The summed E-state index contributed by atoms with van der Waals surface area (Å²) >= 11 is 0. The molecular weight excluding hydrogens is 186 g/mol. The minimum Gasteiger partial charge on any atom is -0.377 e. The SMILES string of the molecule is C#CCCCC(NCCC)C(C)(C)OC. The van der Waals surface area contributed by atoms with Gasteiger partial charge in [0.05, 0.1) is 5.60 Å². The number of unbranched alkanes of at least 4 members (excludes halogenated alkanes) is 1. The summed E-state index contributed by atoms with van der Waals surface area (Å²) in [7, 11) is 1.77. The van der Waals surface area contributed by atoms with Crippen LogP contribution in [0.3, 0.4) is 0 Å². The molecule has 1 unspecified atom stereocenters. The molecule has 0 aromatic heterocycles. The number of terminal acetylenes is 1. The van der Waals surface area contributed by atoms with Crippen molar-refractivity contribution in [2.24, 2.45) is 0 Å². The van der Waals surface area contributed by atoms with Gasteiger partial charge in [-0.25, -0.2) is 0 Å². The largest absolute Gasteiger partial charge is 0.377 e. The van der Waals surface area contributed by atoms with Crippen molar-refractivity contribution in [3.63, 3.8) is 0 Å². The summed E-state index contributed by atoms with van der Waals surface area (Å²) in [5, 5.41) is 3.53. The molecule has 0 heterocycles. The highest BCUT2D eigenvalue weighted by molar-refractivity contribution is 4.88. The Bertz CT molecular complexity index is 193. The van der Waals surface area contributed by atoms with Crippen molar-refractivity contribution in [2.75, 3.05) is 13.7 Å². The molecule has 0 aliphatic rings. The van der Waals surface area contributed by atoms with Gasteiger partial charge in [0.25, 0.3) is 0 Å². The van der Waals surface area contributed by atoms with Gasteiger partial charge in [-0.15, -0.1) is 12.3 Å². The van der Waals surface area contributed by atoms with E-state index in [1.165, 1.54) is 0 Å². The lowest BCUT2D eigenvalue weighted by Crippen LogP contribution is -2.48. The fourth-order valence-corrected chi connectivity index (χ4v) is 1.56. The minimum absolute atomic E-state index is 0.121. The van der Waals surface area contributed by atoms with Crippen LogP contribution in [-0.2, 0) is 4.74 Å². The van der Waals surface area contributed by atoms with Gasteiger partial charge < -0.3 is 10.1 Å². The summed E-state index contributed by atoms with van der Waals surface area (Å²) in [6.07, 6.45) is 9.38. The lowest BCUT2D eigenvalue weighted by molar-refractivity contribution is -0.0128. The second kappa shape index (κ2) is 7.73. The van der Waals surface area contributed by atoms with Crippen LogP contribution < -0.4 is 5.32 Å². The van der Waals surface area contributed by atoms with Crippen molar-refractivity contribution in [1.29, 1.82) is 0 Å². The standard InChI is InChI=1S/C13H25NO/c1-6-8-9-10-12(14-11-7-2)13(3,4)15-5/h1,12,14H,7-11H2,2-5H3. The van der Waals surface area contributed by atoms with Gasteiger partial charge in [0.15, 0.2) is 0 Å². The second-order valence-corrected chi connectivity index (χ2v) is 4.41. The number of nitrogens with one attached hydrogen (secondary N) is 1. The fourth-order valence-electron chi connectivity index (χ4n) is 1.56. The Balaban J connectivity index is 4.12. The monoisotopic (exact) mass is 211 g/mol. The van der Waals surface area contributed by atoms with Gasteiger partial charge in [0.1, 0.15) is 0 Å². The van der Waals surface area contributed by atoms with Gasteiger partial charge in [0, 0.05) is 19.6 Å². The van der Waals surface area contributed by atoms with Crippen LogP contribution in [0.1, 0.15) is 46.5 Å². The summed E-state index contributed by atoms with van der Waals surface area (Å²) < 4.78 is 5.51. The molecule has 0 saturated heterocycles. The van der Waals surface area contributed by atoms with Crippen LogP contribution in [0.5, 0.6) is 0 Å². The third kappa shape index (κ3) is 5.81. The van der Waals surface area contributed by atoms with Crippen molar-refractivity contribution in [1.82, 2.24) is 5.32 Å². The van der Waals surface area contributed by atoms with Crippen LogP contribution in [0.4, 0.5) is 0 Å². The summed E-state index contributed by atoms with van der Waals surface area (Å²) in [6, 6.07) is 0.385. The molecule has 0 aromatic rings. The topological polar surface area (TPSA) is 21.3 Å². The maximum atomic E-state index is 5.51. The van der Waals surface area contributed by atoms with Crippen molar-refractivity contribution in [3.05, 3.63) is 0 Å². The van der Waals surface area contributed by atoms with Crippen LogP contribution in [-0.4, -0.2) is 25.3 Å². The van der Waals surface area contributed by atoms with E-state index < -0.39 is 0 Å². The number of hydrogen-bond donors (Lipinski definition) is 1. The Morgan fingerprint density at radius 2 is 2.13 bits per heavy atom. The Morgan fingerprint density at radius 3 is 2.60 bits per heavy atom. The molecular formula is C13H25NO. The molecule has 0 radical (unpaired) electrons. The highest BCUT2D eigenvalue weighted by atomic mass is 16.5. The molecule has 0 aliphatic heterocycles. The van der Waals surface area contributed by atoms with Crippen LogP contribution in [0.15, 0.2) is 0 Å². The summed E-state index contributed by atoms with van der Waals surface area (Å²) in [5.74, 6) is 2.68. The lowest BCUT2D eigenvalue weighted by Gasteiger charge is -2.34. The molecule has 2 heteroatoms.